The average Bonchev–Trinajstić information content (AvgIpc) is 1.56. The first-order valence-corrected chi connectivity index (χ1v) is 2.15. The second kappa shape index (κ2) is 4.43. The van der Waals surface area contributed by atoms with Crippen LogP contribution < -0.4 is 0 Å². The first-order valence-electron chi connectivity index (χ1n) is 2.15. The summed E-state index contributed by atoms with van der Waals surface area (Å²) in [6.45, 7) is 0. The van der Waals surface area contributed by atoms with Gasteiger partial charge in [-0.3, -0.25) is 0 Å². The third kappa shape index (κ3) is 4.28. The predicted molar refractivity (Wildman–Crippen MR) is 29.4 cm³/mol. The van der Waals surface area contributed by atoms with E-state index in [-0.39, 0.29) is 18.9 Å². The van der Waals surface area contributed by atoms with Gasteiger partial charge in [0, 0.05) is 0 Å². The van der Waals surface area contributed by atoms with Crippen LogP contribution in [0.2, 0.25) is 0 Å². The van der Waals surface area contributed by atoms with Gasteiger partial charge in [0.05, 0.1) is 0 Å². The Kier molecular flexibility index (Phi) is 5.43. The molecule has 3 nitrogen and oxygen atoms in total. The molecular weight excluding hydrogens is 185 g/mol. The van der Waals surface area contributed by atoms with Crippen LogP contribution in [0, 0.1) is 0 Å². The van der Waals surface area contributed by atoms with Gasteiger partial charge in [-0.05, 0) is 0 Å². The molecule has 0 aromatic carbocycles. The zero-order valence-corrected chi connectivity index (χ0v) is 4.77. The van der Waals surface area contributed by atoms with Gasteiger partial charge in [-0.1, -0.05) is 0 Å². The van der Waals surface area contributed by atoms with Gasteiger partial charge >= 0.3 is 38.5 Å². The van der Waals surface area contributed by atoms with Crippen molar-refractivity contribution in [2.45, 2.75) is 12.3 Å². The Hall–Kier alpha value is 0.192. The molecule has 0 fully saturated rings. The van der Waals surface area contributed by atoms with Crippen molar-refractivity contribution in [2.24, 2.45) is 0 Å². The number of alkyl halides is 5. The number of hydrogen-bond donors (Lipinski definition) is 2. The van der Waals surface area contributed by atoms with Crippen LogP contribution in [0.5, 0.6) is 0 Å². The quantitative estimate of drug-likeness (QED) is 0.452. The fourth-order valence-corrected chi connectivity index (χ4v) is 0.199. The summed E-state index contributed by atoms with van der Waals surface area (Å²) in [6, 6.07) is 0. The molecule has 0 aromatic heterocycles. The van der Waals surface area contributed by atoms with E-state index in [1.54, 1.807) is 0 Å². The van der Waals surface area contributed by atoms with Crippen LogP contribution in [0.15, 0.2) is 0 Å². The van der Waals surface area contributed by atoms with Crippen LogP contribution in [-0.4, -0.2) is 48.5 Å². The molecule has 68 valence electrons. The van der Waals surface area contributed by atoms with Crippen LogP contribution in [0.4, 0.5) is 22.0 Å². The molecular formula is C2H3BF5LiO3. The minimum atomic E-state index is -5.95. The number of rotatable bonds is 2. The van der Waals surface area contributed by atoms with Gasteiger partial charge in [-0.15, -0.1) is 0 Å². The third-order valence-corrected chi connectivity index (χ3v) is 0.583. The fourth-order valence-electron chi connectivity index (χ4n) is 0.199. The van der Waals surface area contributed by atoms with Crippen LogP contribution in [0.1, 0.15) is 0 Å². The van der Waals surface area contributed by atoms with Crippen LogP contribution >= 0.6 is 0 Å². The van der Waals surface area contributed by atoms with Crippen molar-refractivity contribution in [2.75, 3.05) is 0 Å². The molecule has 0 aliphatic heterocycles. The fraction of sp³-hybridized carbons (Fsp3) is 1.00. The Morgan fingerprint density at radius 3 is 1.42 bits per heavy atom. The summed E-state index contributed by atoms with van der Waals surface area (Å²) in [5, 5.41) is 15.2. The van der Waals surface area contributed by atoms with Crippen molar-refractivity contribution in [3.63, 3.8) is 0 Å². The summed E-state index contributed by atoms with van der Waals surface area (Å²) in [6.07, 6.45) is -11.5. The SMILES string of the molecule is OB(O)OC(F)(F)C(F)(F)F.[LiH]. The second-order valence-corrected chi connectivity index (χ2v) is 1.46. The van der Waals surface area contributed by atoms with Gasteiger partial charge in [-0.2, -0.15) is 22.0 Å². The molecule has 0 saturated carbocycles. The topological polar surface area (TPSA) is 49.7 Å². The molecule has 0 unspecified atom stereocenters. The van der Waals surface area contributed by atoms with Gasteiger partial charge in [0.1, 0.15) is 0 Å². The van der Waals surface area contributed by atoms with Crippen LogP contribution in [-0.2, 0) is 4.65 Å². The van der Waals surface area contributed by atoms with Gasteiger partial charge in [0.2, 0.25) is 0 Å². The van der Waals surface area contributed by atoms with E-state index in [0.29, 0.717) is 0 Å². The Morgan fingerprint density at radius 2 is 1.33 bits per heavy atom. The van der Waals surface area contributed by atoms with E-state index in [1.807, 2.05) is 0 Å². The summed E-state index contributed by atoms with van der Waals surface area (Å²) < 4.78 is 58.8. The summed E-state index contributed by atoms with van der Waals surface area (Å²) >= 11 is 0. The molecule has 0 bridgehead atoms. The zero-order valence-electron chi connectivity index (χ0n) is 4.77. The van der Waals surface area contributed by atoms with Crippen molar-refractivity contribution in [3.8, 4) is 0 Å². The molecule has 0 rings (SSSR count). The third-order valence-electron chi connectivity index (χ3n) is 0.583. The van der Waals surface area contributed by atoms with Crippen molar-refractivity contribution in [3.05, 3.63) is 0 Å². The molecule has 0 aromatic rings. The number of hydrogen-bond acceptors (Lipinski definition) is 3. The maximum absolute atomic E-state index is 11.5. The van der Waals surface area contributed by atoms with Gasteiger partial charge in [-0.25, -0.2) is 0 Å². The molecule has 0 atom stereocenters. The van der Waals surface area contributed by atoms with E-state index in [9.17, 15) is 22.0 Å². The first-order chi connectivity index (χ1) is 4.67. The molecule has 0 saturated heterocycles. The summed E-state index contributed by atoms with van der Waals surface area (Å²) in [5.41, 5.74) is 0. The monoisotopic (exact) mass is 188 g/mol. The van der Waals surface area contributed by atoms with E-state index in [2.05, 4.69) is 4.65 Å². The molecule has 0 spiro atoms. The molecule has 0 aliphatic carbocycles. The van der Waals surface area contributed by atoms with E-state index in [0.717, 1.165) is 0 Å². The molecule has 10 heteroatoms. The van der Waals surface area contributed by atoms with Crippen LogP contribution in [0.3, 0.4) is 0 Å². The number of halogens is 5. The van der Waals surface area contributed by atoms with Gasteiger partial charge in [0.15, 0.2) is 0 Å². The Balaban J connectivity index is 0. The average molecular weight is 188 g/mol. The zero-order chi connectivity index (χ0) is 9.28. The summed E-state index contributed by atoms with van der Waals surface area (Å²) in [7, 11) is -3.16. The molecule has 12 heavy (non-hydrogen) atoms. The Bertz CT molecular complexity index is 137. The van der Waals surface area contributed by atoms with E-state index in [1.165, 1.54) is 0 Å². The molecule has 0 heterocycles. The van der Waals surface area contributed by atoms with Crippen molar-refractivity contribution in [1.82, 2.24) is 0 Å². The normalized spacial score (nSPS) is 12.2. The van der Waals surface area contributed by atoms with Gasteiger partial charge < -0.3 is 14.7 Å². The van der Waals surface area contributed by atoms with Crippen molar-refractivity contribution < 1.29 is 36.7 Å². The summed E-state index contributed by atoms with van der Waals surface area (Å²) in [5.74, 6) is 0. The van der Waals surface area contributed by atoms with Crippen molar-refractivity contribution in [1.29, 1.82) is 0 Å². The van der Waals surface area contributed by atoms with Gasteiger partial charge in [0.25, 0.3) is 0 Å². The van der Waals surface area contributed by atoms with Crippen LogP contribution in [0.25, 0.3) is 0 Å². The minimum absolute atomic E-state index is 0. The van der Waals surface area contributed by atoms with E-state index in [4.69, 9.17) is 10.0 Å². The second-order valence-electron chi connectivity index (χ2n) is 1.46. The molecule has 2 N–H and O–H groups in total. The molecule has 0 aliphatic rings. The van der Waals surface area contributed by atoms with E-state index >= 15 is 0 Å². The summed E-state index contributed by atoms with van der Waals surface area (Å²) in [4.78, 5) is 0. The predicted octanol–water partition coefficient (Wildman–Crippen LogP) is -0.521. The van der Waals surface area contributed by atoms with E-state index < -0.39 is 19.6 Å². The maximum atomic E-state index is 11.5. The molecule has 0 amide bonds. The Labute approximate surface area is 75.9 Å². The molecule has 0 radical (unpaired) electrons. The standard InChI is InChI=1S/C2H2BF5O3.Li.H/c4-1(5,6)2(7,8)11-3(9)10;;/h9-10H;;. The van der Waals surface area contributed by atoms with Crippen molar-refractivity contribution >= 4 is 26.2 Å². The first kappa shape index (κ1) is 14.7. The Morgan fingerprint density at radius 1 is 1.00 bits per heavy atom.